The first kappa shape index (κ1) is 12.4. The zero-order valence-electron chi connectivity index (χ0n) is 10.5. The van der Waals surface area contributed by atoms with Crippen LogP contribution in [0.1, 0.15) is 11.1 Å². The molecule has 0 saturated carbocycles. The van der Waals surface area contributed by atoms with Crippen LogP contribution in [0.4, 0.5) is 0 Å². The molecular formula is C16H16O2. The molecule has 0 radical (unpaired) electrons. The van der Waals surface area contributed by atoms with E-state index in [-0.39, 0.29) is 0 Å². The fourth-order valence-corrected chi connectivity index (χ4v) is 2.27. The third kappa shape index (κ3) is 2.43. The number of hydrogen-bond donors (Lipinski definition) is 0. The molecule has 1 aliphatic rings. The fourth-order valence-electron chi connectivity index (χ4n) is 2.27. The number of carbonyl (C=O) groups is 1. The van der Waals surface area contributed by atoms with Crippen molar-refractivity contribution in [2.24, 2.45) is 0 Å². The zero-order chi connectivity index (χ0) is 13.0. The Labute approximate surface area is 107 Å². The van der Waals surface area contributed by atoms with Crippen LogP contribution < -0.4 is 0 Å². The van der Waals surface area contributed by atoms with Crippen molar-refractivity contribution < 1.29 is 9.53 Å². The Hall–Kier alpha value is -2.09. The van der Waals surface area contributed by atoms with Crippen molar-refractivity contribution in [3.63, 3.8) is 0 Å². The minimum absolute atomic E-state index is 0.394. The summed E-state index contributed by atoms with van der Waals surface area (Å²) in [5.74, 6) is -0.394. The Balaban J connectivity index is 0.000000174. The predicted octanol–water partition coefficient (Wildman–Crippen LogP) is 3.28. The summed E-state index contributed by atoms with van der Waals surface area (Å²) < 4.78 is 4.14. The molecule has 3 rings (SSSR count). The van der Waals surface area contributed by atoms with E-state index in [4.69, 9.17) is 0 Å². The van der Waals surface area contributed by atoms with Gasteiger partial charge in [0.15, 0.2) is 0 Å². The average Bonchev–Trinajstić information content (AvgIpc) is 2.85. The molecule has 2 aromatic rings. The van der Waals surface area contributed by atoms with Gasteiger partial charge in [-0.2, -0.15) is 0 Å². The Morgan fingerprint density at radius 1 is 1.17 bits per heavy atom. The third-order valence-electron chi connectivity index (χ3n) is 3.11. The number of benzene rings is 2. The van der Waals surface area contributed by atoms with Crippen LogP contribution in [-0.4, -0.2) is 13.1 Å². The van der Waals surface area contributed by atoms with Gasteiger partial charge in [-0.15, -0.1) is 0 Å². The van der Waals surface area contributed by atoms with Gasteiger partial charge in [0.1, 0.15) is 0 Å². The van der Waals surface area contributed by atoms with E-state index >= 15 is 0 Å². The summed E-state index contributed by atoms with van der Waals surface area (Å²) in [6, 6.07) is 13.2. The molecule has 0 atom stereocenters. The fraction of sp³-hybridized carbons (Fsp3) is 0.188. The molecule has 0 bridgehead atoms. The van der Waals surface area contributed by atoms with Crippen molar-refractivity contribution in [3.05, 3.63) is 60.2 Å². The van der Waals surface area contributed by atoms with Gasteiger partial charge in [-0.3, -0.25) is 0 Å². The highest BCUT2D eigenvalue weighted by Crippen LogP contribution is 2.29. The molecule has 2 aromatic carbocycles. The van der Waals surface area contributed by atoms with Gasteiger partial charge in [0.05, 0.1) is 7.11 Å². The van der Waals surface area contributed by atoms with Gasteiger partial charge >= 0.3 is 5.97 Å². The highest BCUT2D eigenvalue weighted by Gasteiger charge is 2.11. The van der Waals surface area contributed by atoms with Crippen molar-refractivity contribution in [2.45, 2.75) is 12.8 Å². The lowest BCUT2D eigenvalue weighted by molar-refractivity contribution is -0.134. The van der Waals surface area contributed by atoms with Crippen molar-refractivity contribution in [1.82, 2.24) is 0 Å². The SMILES string of the molecule is C=CC(=O)OC.c1cc2c3c(cccc3c1)CC2. The molecule has 0 unspecified atom stereocenters. The van der Waals surface area contributed by atoms with E-state index in [1.54, 1.807) is 0 Å². The monoisotopic (exact) mass is 240 g/mol. The highest BCUT2D eigenvalue weighted by atomic mass is 16.5. The minimum atomic E-state index is -0.394. The van der Waals surface area contributed by atoms with E-state index < -0.39 is 5.97 Å². The Morgan fingerprint density at radius 3 is 2.11 bits per heavy atom. The van der Waals surface area contributed by atoms with Crippen LogP contribution in [0, 0.1) is 0 Å². The second-order valence-electron chi connectivity index (χ2n) is 4.16. The van der Waals surface area contributed by atoms with Gasteiger partial charge in [0.25, 0.3) is 0 Å². The number of esters is 1. The van der Waals surface area contributed by atoms with Gasteiger partial charge in [0.2, 0.25) is 0 Å². The van der Waals surface area contributed by atoms with Crippen LogP contribution in [0.2, 0.25) is 0 Å². The number of aryl methyl sites for hydroxylation is 2. The van der Waals surface area contributed by atoms with E-state index in [0.717, 1.165) is 6.08 Å². The second-order valence-corrected chi connectivity index (χ2v) is 4.16. The van der Waals surface area contributed by atoms with Gasteiger partial charge in [-0.05, 0) is 34.7 Å². The first-order valence-electron chi connectivity index (χ1n) is 5.96. The quantitative estimate of drug-likeness (QED) is 0.565. The van der Waals surface area contributed by atoms with Crippen molar-refractivity contribution >= 4 is 16.7 Å². The van der Waals surface area contributed by atoms with Crippen LogP contribution >= 0.6 is 0 Å². The molecule has 92 valence electrons. The number of carbonyl (C=O) groups excluding carboxylic acids is 1. The minimum Gasteiger partial charge on any atom is -0.466 e. The number of methoxy groups -OCH3 is 1. The highest BCUT2D eigenvalue weighted by molar-refractivity contribution is 5.90. The Morgan fingerprint density at radius 2 is 1.72 bits per heavy atom. The molecule has 0 spiro atoms. The lowest BCUT2D eigenvalue weighted by Crippen LogP contribution is -1.91. The summed E-state index contributed by atoms with van der Waals surface area (Å²) in [5, 5.41) is 2.92. The smallest absolute Gasteiger partial charge is 0.329 e. The number of ether oxygens (including phenoxy) is 1. The molecular weight excluding hydrogens is 224 g/mol. The van der Waals surface area contributed by atoms with Gasteiger partial charge < -0.3 is 4.74 Å². The predicted molar refractivity (Wildman–Crippen MR) is 73.6 cm³/mol. The van der Waals surface area contributed by atoms with Crippen LogP contribution in [0.15, 0.2) is 49.1 Å². The van der Waals surface area contributed by atoms with Crippen molar-refractivity contribution in [1.29, 1.82) is 0 Å². The molecule has 2 heteroatoms. The standard InChI is InChI=1S/C12H10.C4H6O2/c1-3-9-4-2-6-11-8-7-10(5-1)12(9)11;1-3-4(5)6-2/h1-6H,7-8H2;3H,1H2,2H3. The largest absolute Gasteiger partial charge is 0.466 e. The maximum absolute atomic E-state index is 9.84. The Kier molecular flexibility index (Phi) is 3.78. The summed E-state index contributed by atoms with van der Waals surface area (Å²) in [5.41, 5.74) is 3.06. The van der Waals surface area contributed by atoms with Crippen molar-refractivity contribution in [2.75, 3.05) is 7.11 Å². The summed E-state index contributed by atoms with van der Waals surface area (Å²) in [6.07, 6.45) is 3.58. The molecule has 2 nitrogen and oxygen atoms in total. The molecule has 0 N–H and O–H groups in total. The van der Waals surface area contributed by atoms with E-state index in [1.165, 1.54) is 41.9 Å². The molecule has 0 heterocycles. The first-order chi connectivity index (χ1) is 8.76. The van der Waals surface area contributed by atoms with Crippen molar-refractivity contribution in [3.8, 4) is 0 Å². The van der Waals surface area contributed by atoms with Gasteiger partial charge in [0, 0.05) is 6.08 Å². The first-order valence-corrected chi connectivity index (χ1v) is 5.96. The maximum Gasteiger partial charge on any atom is 0.329 e. The van der Waals surface area contributed by atoms with Crippen LogP contribution in [0.25, 0.3) is 10.8 Å². The summed E-state index contributed by atoms with van der Waals surface area (Å²) in [7, 11) is 1.31. The van der Waals surface area contributed by atoms with E-state index in [0.29, 0.717) is 0 Å². The van der Waals surface area contributed by atoms with Gasteiger partial charge in [-0.1, -0.05) is 43.0 Å². The molecule has 0 amide bonds. The molecule has 0 saturated heterocycles. The third-order valence-corrected chi connectivity index (χ3v) is 3.11. The topological polar surface area (TPSA) is 26.3 Å². The molecule has 0 aromatic heterocycles. The summed E-state index contributed by atoms with van der Waals surface area (Å²) >= 11 is 0. The summed E-state index contributed by atoms with van der Waals surface area (Å²) in [4.78, 5) is 9.84. The number of hydrogen-bond acceptors (Lipinski definition) is 2. The van der Waals surface area contributed by atoms with Crippen LogP contribution in [0.3, 0.4) is 0 Å². The van der Waals surface area contributed by atoms with Crippen LogP contribution in [0.5, 0.6) is 0 Å². The van der Waals surface area contributed by atoms with Gasteiger partial charge in [-0.25, -0.2) is 4.79 Å². The average molecular weight is 240 g/mol. The molecule has 0 aliphatic heterocycles. The van der Waals surface area contributed by atoms with E-state index in [1.807, 2.05) is 0 Å². The lowest BCUT2D eigenvalue weighted by atomic mass is 10.1. The normalized spacial score (nSPS) is 11.6. The van der Waals surface area contributed by atoms with Crippen LogP contribution in [-0.2, 0) is 22.4 Å². The van der Waals surface area contributed by atoms with E-state index in [2.05, 4.69) is 47.7 Å². The second kappa shape index (κ2) is 5.50. The maximum atomic E-state index is 9.84. The summed E-state index contributed by atoms with van der Waals surface area (Å²) in [6.45, 7) is 3.16. The molecule has 0 fully saturated rings. The molecule has 18 heavy (non-hydrogen) atoms. The Bertz CT molecular complexity index is 546. The zero-order valence-corrected chi connectivity index (χ0v) is 10.5. The lowest BCUT2D eigenvalue weighted by Gasteiger charge is -1.99. The molecule has 1 aliphatic carbocycles. The van der Waals surface area contributed by atoms with E-state index in [9.17, 15) is 4.79 Å². The number of rotatable bonds is 1.